The van der Waals surface area contributed by atoms with Gasteiger partial charge in [0.1, 0.15) is 18.1 Å². The number of ether oxygens (including phenoxy) is 1. The van der Waals surface area contributed by atoms with Gasteiger partial charge in [0.2, 0.25) is 0 Å². The van der Waals surface area contributed by atoms with Gasteiger partial charge < -0.3 is 9.57 Å². The van der Waals surface area contributed by atoms with Crippen molar-refractivity contribution in [2.45, 2.75) is 13.5 Å². The van der Waals surface area contributed by atoms with E-state index in [-0.39, 0.29) is 0 Å². The number of hydrogen-bond donors (Lipinski definition) is 0. The van der Waals surface area contributed by atoms with Gasteiger partial charge in [-0.15, -0.1) is 0 Å². The van der Waals surface area contributed by atoms with Gasteiger partial charge in [-0.2, -0.15) is 0 Å². The van der Waals surface area contributed by atoms with Crippen molar-refractivity contribution in [3.8, 4) is 5.75 Å². The van der Waals surface area contributed by atoms with Crippen molar-refractivity contribution in [1.29, 1.82) is 0 Å². The summed E-state index contributed by atoms with van der Waals surface area (Å²) in [6, 6.07) is 21.5. The summed E-state index contributed by atoms with van der Waals surface area (Å²) >= 11 is 7.15. The fraction of sp³-hybridized carbons (Fsp3) is 0.0833. The molecule has 0 saturated heterocycles. The van der Waals surface area contributed by atoms with E-state index in [4.69, 9.17) is 9.57 Å². The molecule has 1 aliphatic heterocycles. The van der Waals surface area contributed by atoms with Crippen molar-refractivity contribution >= 4 is 49.6 Å². The first kappa shape index (κ1) is 20.6. The second kappa shape index (κ2) is 8.98. The third-order valence-corrected chi connectivity index (χ3v) is 5.76. The Labute approximate surface area is 191 Å². The Morgan fingerprint density at radius 1 is 1.00 bits per heavy atom. The van der Waals surface area contributed by atoms with Crippen molar-refractivity contribution in [2.75, 3.05) is 0 Å². The molecule has 3 aromatic rings. The van der Waals surface area contributed by atoms with E-state index in [0.29, 0.717) is 23.6 Å². The van der Waals surface area contributed by atoms with Crippen LogP contribution in [0.25, 0.3) is 6.08 Å². The van der Waals surface area contributed by atoms with E-state index in [1.807, 2.05) is 54.6 Å². The summed E-state index contributed by atoms with van der Waals surface area (Å²) in [7, 11) is 0. The number of nitrogens with zero attached hydrogens (tertiary/aromatic N) is 1. The first-order chi connectivity index (χ1) is 14.5. The van der Waals surface area contributed by atoms with Crippen LogP contribution in [0.4, 0.5) is 0 Å². The Balaban J connectivity index is 1.58. The van der Waals surface area contributed by atoms with E-state index in [2.05, 4.69) is 56.1 Å². The molecule has 6 heteroatoms. The normalized spacial score (nSPS) is 14.6. The van der Waals surface area contributed by atoms with Crippen molar-refractivity contribution in [3.05, 3.63) is 104 Å². The Morgan fingerprint density at radius 3 is 2.33 bits per heavy atom. The minimum absolute atomic E-state index is 0.410. The lowest BCUT2D eigenvalue weighted by Gasteiger charge is -2.12. The molecule has 30 heavy (non-hydrogen) atoms. The number of oxime groups is 1. The summed E-state index contributed by atoms with van der Waals surface area (Å²) in [6.45, 7) is 2.51. The minimum Gasteiger partial charge on any atom is -0.487 e. The summed E-state index contributed by atoms with van der Waals surface area (Å²) < 4.78 is 7.56. The van der Waals surface area contributed by atoms with Gasteiger partial charge >= 0.3 is 5.97 Å². The van der Waals surface area contributed by atoms with Crippen molar-refractivity contribution < 1.29 is 14.4 Å². The van der Waals surface area contributed by atoms with Crippen LogP contribution in [-0.2, 0) is 16.2 Å². The lowest BCUT2D eigenvalue weighted by molar-refractivity contribution is -0.136. The quantitative estimate of drug-likeness (QED) is 0.284. The molecular formula is C24H17Br2NO3. The third kappa shape index (κ3) is 4.55. The average molecular weight is 527 g/mol. The molecule has 0 unspecified atom stereocenters. The topological polar surface area (TPSA) is 47.9 Å². The Hall–Kier alpha value is -2.70. The highest BCUT2D eigenvalue weighted by atomic mass is 79.9. The zero-order valence-electron chi connectivity index (χ0n) is 16.1. The van der Waals surface area contributed by atoms with Gasteiger partial charge in [-0.05, 0) is 68.1 Å². The highest BCUT2D eigenvalue weighted by molar-refractivity contribution is 9.11. The summed E-state index contributed by atoms with van der Waals surface area (Å²) in [6.07, 6.45) is 1.76. The van der Waals surface area contributed by atoms with E-state index in [1.54, 1.807) is 6.08 Å². The van der Waals surface area contributed by atoms with Gasteiger partial charge in [-0.3, -0.25) is 0 Å². The van der Waals surface area contributed by atoms with Gasteiger partial charge in [0.15, 0.2) is 0 Å². The van der Waals surface area contributed by atoms with E-state index in [0.717, 1.165) is 25.6 Å². The van der Waals surface area contributed by atoms with Crippen LogP contribution in [0.5, 0.6) is 5.75 Å². The number of hydrogen-bond acceptors (Lipinski definition) is 4. The lowest BCUT2D eigenvalue weighted by Crippen LogP contribution is -2.06. The Morgan fingerprint density at radius 2 is 1.67 bits per heavy atom. The monoisotopic (exact) mass is 525 g/mol. The van der Waals surface area contributed by atoms with Crippen LogP contribution in [0.15, 0.2) is 86.4 Å². The standard InChI is InChI=1S/C24H17Br2NO3/c1-15-7-9-16(10-8-15)14-29-23-20(25)12-17(13-21(23)26)11-19-22(27-30-24(19)28)18-5-3-2-4-6-18/h2-13H,14H2,1H3/b19-11-. The highest BCUT2D eigenvalue weighted by Gasteiger charge is 2.26. The number of halogens is 2. The smallest absolute Gasteiger partial charge is 0.368 e. The van der Waals surface area contributed by atoms with Crippen LogP contribution in [0.3, 0.4) is 0 Å². The number of carbonyl (C=O) groups is 1. The molecule has 4 nitrogen and oxygen atoms in total. The second-order valence-corrected chi connectivity index (χ2v) is 8.54. The maximum atomic E-state index is 12.2. The van der Waals surface area contributed by atoms with Crippen LogP contribution in [0, 0.1) is 6.92 Å². The van der Waals surface area contributed by atoms with E-state index >= 15 is 0 Å². The molecule has 3 aromatic carbocycles. The Bertz CT molecular complexity index is 1130. The molecule has 0 radical (unpaired) electrons. The van der Waals surface area contributed by atoms with Crippen LogP contribution in [0.2, 0.25) is 0 Å². The summed E-state index contributed by atoms with van der Waals surface area (Å²) in [5.41, 5.74) is 4.87. The molecule has 0 aliphatic carbocycles. The van der Waals surface area contributed by atoms with Crippen LogP contribution in [-0.4, -0.2) is 11.7 Å². The predicted molar refractivity (Wildman–Crippen MR) is 124 cm³/mol. The fourth-order valence-electron chi connectivity index (χ4n) is 3.02. The van der Waals surface area contributed by atoms with E-state index < -0.39 is 5.97 Å². The van der Waals surface area contributed by atoms with Crippen LogP contribution >= 0.6 is 31.9 Å². The number of benzene rings is 3. The van der Waals surface area contributed by atoms with Crippen molar-refractivity contribution in [3.63, 3.8) is 0 Å². The molecule has 150 valence electrons. The van der Waals surface area contributed by atoms with Crippen LogP contribution < -0.4 is 4.74 Å². The number of carbonyl (C=O) groups excluding carboxylic acids is 1. The number of rotatable bonds is 5. The average Bonchev–Trinajstić information content (AvgIpc) is 3.09. The molecule has 1 aliphatic rings. The summed E-state index contributed by atoms with van der Waals surface area (Å²) in [5.74, 6) is 0.226. The molecule has 4 rings (SSSR count). The molecule has 0 bridgehead atoms. The van der Waals surface area contributed by atoms with Gasteiger partial charge in [-0.1, -0.05) is 65.3 Å². The maximum absolute atomic E-state index is 12.2. The van der Waals surface area contributed by atoms with Gasteiger partial charge in [-0.25, -0.2) is 4.79 Å². The molecule has 0 amide bonds. The molecule has 0 fully saturated rings. The molecule has 1 heterocycles. The van der Waals surface area contributed by atoms with Crippen LogP contribution in [0.1, 0.15) is 22.3 Å². The van der Waals surface area contributed by atoms with Gasteiger partial charge in [0, 0.05) is 5.56 Å². The van der Waals surface area contributed by atoms with Crippen molar-refractivity contribution in [2.24, 2.45) is 5.16 Å². The molecule has 0 N–H and O–H groups in total. The maximum Gasteiger partial charge on any atom is 0.368 e. The minimum atomic E-state index is -0.471. The summed E-state index contributed by atoms with van der Waals surface area (Å²) in [4.78, 5) is 17.1. The zero-order chi connectivity index (χ0) is 21.1. The van der Waals surface area contributed by atoms with Gasteiger partial charge in [0.25, 0.3) is 0 Å². The number of aryl methyl sites for hydroxylation is 1. The molecule has 0 aromatic heterocycles. The highest BCUT2D eigenvalue weighted by Crippen LogP contribution is 2.36. The van der Waals surface area contributed by atoms with E-state index in [1.165, 1.54) is 5.56 Å². The molecule has 0 atom stereocenters. The summed E-state index contributed by atoms with van der Waals surface area (Å²) in [5, 5.41) is 3.95. The lowest BCUT2D eigenvalue weighted by atomic mass is 10.0. The van der Waals surface area contributed by atoms with Gasteiger partial charge in [0.05, 0.1) is 14.5 Å². The third-order valence-electron chi connectivity index (χ3n) is 4.58. The Kier molecular flexibility index (Phi) is 6.16. The SMILES string of the molecule is Cc1ccc(COc2c(Br)cc(/C=C3\C(=O)ON=C3c3ccccc3)cc2Br)cc1. The first-order valence-electron chi connectivity index (χ1n) is 9.25. The van der Waals surface area contributed by atoms with Crippen molar-refractivity contribution in [1.82, 2.24) is 0 Å². The largest absolute Gasteiger partial charge is 0.487 e. The molecule has 0 saturated carbocycles. The van der Waals surface area contributed by atoms with E-state index in [9.17, 15) is 4.79 Å². The zero-order valence-corrected chi connectivity index (χ0v) is 19.2. The second-order valence-electron chi connectivity index (χ2n) is 6.83. The first-order valence-corrected chi connectivity index (χ1v) is 10.8. The predicted octanol–water partition coefficient (Wildman–Crippen LogP) is 6.44. The molecule has 0 spiro atoms. The fourth-order valence-corrected chi connectivity index (χ4v) is 4.47. The molecular weight excluding hydrogens is 510 g/mol.